The van der Waals surface area contributed by atoms with Crippen molar-refractivity contribution in [2.24, 2.45) is 0 Å². The number of rotatable bonds is 4. The van der Waals surface area contributed by atoms with E-state index in [1.807, 2.05) is 23.5 Å². The lowest BCUT2D eigenvalue weighted by Gasteiger charge is -2.09. The second-order valence-electron chi connectivity index (χ2n) is 3.97. The number of hydrogen-bond acceptors (Lipinski definition) is 5. The van der Waals surface area contributed by atoms with Crippen LogP contribution >= 0.6 is 23.5 Å². The maximum absolute atomic E-state index is 5.94. The summed E-state index contributed by atoms with van der Waals surface area (Å²) in [5, 5.41) is 0.660. The van der Waals surface area contributed by atoms with Gasteiger partial charge in [0.1, 0.15) is 11.6 Å². The number of thioether (sulfide) groups is 2. The molecule has 1 aliphatic rings. The monoisotopic (exact) mass is 255 g/mol. The fourth-order valence-corrected chi connectivity index (χ4v) is 3.38. The summed E-state index contributed by atoms with van der Waals surface area (Å²) in [5.41, 5.74) is 8.24. The van der Waals surface area contributed by atoms with Crippen LogP contribution in [0.4, 0.5) is 5.82 Å². The van der Waals surface area contributed by atoms with Crippen LogP contribution in [0.25, 0.3) is 0 Å². The average Bonchev–Trinajstić information content (AvgIpc) is 2.74. The maximum atomic E-state index is 5.94. The molecule has 2 rings (SSSR count). The molecule has 1 aliphatic heterocycles. The summed E-state index contributed by atoms with van der Waals surface area (Å²) in [5.74, 6) is 4.42. The first-order valence-corrected chi connectivity index (χ1v) is 7.74. The summed E-state index contributed by atoms with van der Waals surface area (Å²) in [7, 11) is 0. The highest BCUT2D eigenvalue weighted by Gasteiger charge is 2.18. The Balaban J connectivity index is 2.08. The number of nitrogens with two attached hydrogens (primary N) is 1. The van der Waals surface area contributed by atoms with Crippen LogP contribution in [0.3, 0.4) is 0 Å². The number of aromatic nitrogens is 2. The molecule has 1 aromatic rings. The molecule has 2 N–H and O–H groups in total. The highest BCUT2D eigenvalue weighted by Crippen LogP contribution is 2.32. The molecule has 2 heterocycles. The molecule has 0 aliphatic carbocycles. The van der Waals surface area contributed by atoms with Gasteiger partial charge in [0.25, 0.3) is 0 Å². The lowest BCUT2D eigenvalue weighted by atomic mass is 10.2. The van der Waals surface area contributed by atoms with Gasteiger partial charge in [0.15, 0.2) is 0 Å². The van der Waals surface area contributed by atoms with Gasteiger partial charge in [0.2, 0.25) is 0 Å². The minimum absolute atomic E-state index is 0.660. The highest BCUT2D eigenvalue weighted by molar-refractivity contribution is 7.99. The van der Waals surface area contributed by atoms with Gasteiger partial charge in [-0.3, -0.25) is 0 Å². The van der Waals surface area contributed by atoms with Gasteiger partial charge < -0.3 is 5.73 Å². The van der Waals surface area contributed by atoms with Crippen molar-refractivity contribution in [2.75, 3.05) is 5.73 Å². The van der Waals surface area contributed by atoms with Crippen LogP contribution in [0, 0.1) is 0 Å². The molecule has 1 atom stereocenters. The Morgan fingerprint density at radius 3 is 3.00 bits per heavy atom. The third-order valence-corrected chi connectivity index (χ3v) is 5.03. The van der Waals surface area contributed by atoms with Gasteiger partial charge in [-0.15, -0.1) is 0 Å². The van der Waals surface area contributed by atoms with Crippen LogP contribution in [0.2, 0.25) is 0 Å². The Morgan fingerprint density at radius 1 is 1.44 bits per heavy atom. The minimum Gasteiger partial charge on any atom is -0.383 e. The smallest absolute Gasteiger partial charge is 0.140 e. The van der Waals surface area contributed by atoms with Crippen molar-refractivity contribution in [3.05, 3.63) is 17.1 Å². The lowest BCUT2D eigenvalue weighted by molar-refractivity contribution is 0.899. The minimum atomic E-state index is 0.660. The van der Waals surface area contributed by atoms with E-state index in [4.69, 9.17) is 5.73 Å². The summed E-state index contributed by atoms with van der Waals surface area (Å²) in [4.78, 5) is 8.97. The van der Waals surface area contributed by atoms with Crippen LogP contribution in [0.15, 0.2) is 0 Å². The van der Waals surface area contributed by atoms with Crippen molar-refractivity contribution in [3.8, 4) is 0 Å². The Labute approximate surface area is 105 Å². The molecule has 5 heteroatoms. The van der Waals surface area contributed by atoms with Gasteiger partial charge in [-0.05, 0) is 6.42 Å². The van der Waals surface area contributed by atoms with Crippen LogP contribution in [0.1, 0.15) is 37.4 Å². The number of nitrogens with zero attached hydrogens (tertiary/aromatic N) is 2. The van der Waals surface area contributed by atoms with E-state index in [2.05, 4.69) is 23.8 Å². The van der Waals surface area contributed by atoms with Crippen molar-refractivity contribution in [2.45, 2.75) is 42.8 Å². The Morgan fingerprint density at radius 2 is 2.25 bits per heavy atom. The second-order valence-corrected chi connectivity index (χ2v) is 6.39. The molecule has 3 nitrogen and oxygen atoms in total. The van der Waals surface area contributed by atoms with E-state index in [-0.39, 0.29) is 0 Å². The van der Waals surface area contributed by atoms with E-state index in [1.165, 1.54) is 6.42 Å². The van der Waals surface area contributed by atoms with E-state index in [0.717, 1.165) is 34.3 Å². The molecule has 0 bridgehead atoms. The molecule has 0 amide bonds. The van der Waals surface area contributed by atoms with Gasteiger partial charge in [0, 0.05) is 22.3 Å². The summed E-state index contributed by atoms with van der Waals surface area (Å²) in [6, 6.07) is 0. The summed E-state index contributed by atoms with van der Waals surface area (Å²) in [6.07, 6.45) is 1.18. The topological polar surface area (TPSA) is 51.8 Å². The van der Waals surface area contributed by atoms with Gasteiger partial charge in [0.05, 0.1) is 11.4 Å². The molecule has 0 saturated heterocycles. The SMILES string of the molecule is CCC(C)SCc1nc(N)c2c(n1)CSC2. The van der Waals surface area contributed by atoms with Crippen LogP contribution < -0.4 is 5.73 Å². The largest absolute Gasteiger partial charge is 0.383 e. The van der Waals surface area contributed by atoms with Crippen molar-refractivity contribution >= 4 is 29.3 Å². The van der Waals surface area contributed by atoms with Gasteiger partial charge in [-0.25, -0.2) is 9.97 Å². The number of nitrogen functional groups attached to an aromatic ring is 1. The molecule has 0 spiro atoms. The maximum Gasteiger partial charge on any atom is 0.140 e. The molecular formula is C11H17N3S2. The zero-order valence-corrected chi connectivity index (χ0v) is 11.3. The van der Waals surface area contributed by atoms with Crippen molar-refractivity contribution in [1.29, 1.82) is 0 Å². The first kappa shape index (κ1) is 12.0. The van der Waals surface area contributed by atoms with Gasteiger partial charge >= 0.3 is 0 Å². The normalized spacial score (nSPS) is 16.1. The molecule has 1 unspecified atom stereocenters. The quantitative estimate of drug-likeness (QED) is 0.896. The number of fused-ring (bicyclic) bond motifs is 1. The second kappa shape index (κ2) is 5.27. The fraction of sp³-hybridized carbons (Fsp3) is 0.636. The third kappa shape index (κ3) is 2.63. The van der Waals surface area contributed by atoms with Gasteiger partial charge in [-0.2, -0.15) is 23.5 Å². The van der Waals surface area contributed by atoms with Crippen molar-refractivity contribution in [1.82, 2.24) is 9.97 Å². The number of hydrogen-bond donors (Lipinski definition) is 1. The van der Waals surface area contributed by atoms with E-state index in [1.54, 1.807) is 0 Å². The predicted molar refractivity (Wildman–Crippen MR) is 72.5 cm³/mol. The summed E-state index contributed by atoms with van der Waals surface area (Å²) in [6.45, 7) is 4.43. The highest BCUT2D eigenvalue weighted by atomic mass is 32.2. The first-order valence-electron chi connectivity index (χ1n) is 5.54. The number of anilines is 1. The zero-order valence-electron chi connectivity index (χ0n) is 9.69. The predicted octanol–water partition coefficient (Wildman–Crippen LogP) is 2.84. The molecule has 0 aromatic carbocycles. The molecule has 1 aromatic heterocycles. The summed E-state index contributed by atoms with van der Waals surface area (Å²) < 4.78 is 0. The van der Waals surface area contributed by atoms with E-state index >= 15 is 0 Å². The molecule has 16 heavy (non-hydrogen) atoms. The Hall–Kier alpha value is -0.420. The standard InChI is InChI=1S/C11H17N3S2/c1-3-7(2)16-6-10-13-9-5-15-4-8(9)11(12)14-10/h7H,3-6H2,1-2H3,(H2,12,13,14). The molecule has 0 radical (unpaired) electrons. The van der Waals surface area contributed by atoms with Crippen LogP contribution in [0.5, 0.6) is 0 Å². The average molecular weight is 255 g/mol. The van der Waals surface area contributed by atoms with E-state index < -0.39 is 0 Å². The van der Waals surface area contributed by atoms with Crippen molar-refractivity contribution in [3.63, 3.8) is 0 Å². The van der Waals surface area contributed by atoms with Gasteiger partial charge in [-0.1, -0.05) is 13.8 Å². The van der Waals surface area contributed by atoms with E-state index in [9.17, 15) is 0 Å². The van der Waals surface area contributed by atoms with Crippen LogP contribution in [-0.2, 0) is 17.3 Å². The van der Waals surface area contributed by atoms with Crippen molar-refractivity contribution < 1.29 is 0 Å². The van der Waals surface area contributed by atoms with E-state index in [0.29, 0.717) is 11.1 Å². The van der Waals surface area contributed by atoms with Crippen LogP contribution in [-0.4, -0.2) is 15.2 Å². The fourth-order valence-electron chi connectivity index (χ4n) is 1.53. The zero-order chi connectivity index (χ0) is 11.5. The summed E-state index contributed by atoms with van der Waals surface area (Å²) >= 11 is 3.76. The Bertz CT molecular complexity index is 382. The molecular weight excluding hydrogens is 238 g/mol. The molecule has 0 fully saturated rings. The Kier molecular flexibility index (Phi) is 3.97. The third-order valence-electron chi connectivity index (χ3n) is 2.73. The molecule has 88 valence electrons. The first-order chi connectivity index (χ1) is 7.70. The molecule has 0 saturated carbocycles. The lowest BCUT2D eigenvalue weighted by Crippen LogP contribution is -2.05.